The van der Waals surface area contributed by atoms with Crippen LogP contribution >= 0.6 is 0 Å². The first-order chi connectivity index (χ1) is 22.9. The first kappa shape index (κ1) is 39.8. The number of nitrogens with one attached hydrogen (secondary N) is 2. The Morgan fingerprint density at radius 1 is 0.878 bits per heavy atom. The number of aromatic nitrogens is 5. The van der Waals surface area contributed by atoms with Crippen molar-refractivity contribution in [2.24, 2.45) is 0 Å². The summed E-state index contributed by atoms with van der Waals surface area (Å²) in [7, 11) is 3.71. The number of Topliss-reactive ketones (excluding diaryl/α,β-unsaturated/α-hetero) is 1. The van der Waals surface area contributed by atoms with Gasteiger partial charge in [0.15, 0.2) is 0 Å². The molecule has 20 heteroatoms. The van der Waals surface area contributed by atoms with Crippen LogP contribution in [0, 0.1) is 0 Å². The number of carboxylic acid groups (broad SMARTS) is 2. The minimum atomic E-state index is -5.08. The fourth-order valence-electron chi connectivity index (χ4n) is 3.87. The number of oxazole rings is 1. The minimum absolute atomic E-state index is 0.0713. The number of carbonyl (C=O) groups excluding carboxylic acids is 2. The van der Waals surface area contributed by atoms with Gasteiger partial charge in [-0.05, 0) is 39.1 Å². The van der Waals surface area contributed by atoms with Crippen molar-refractivity contribution >= 4 is 34.7 Å². The van der Waals surface area contributed by atoms with Gasteiger partial charge in [0.05, 0.1) is 41.7 Å². The fraction of sp³-hybridized carbons (Fsp3) is 0.379. The van der Waals surface area contributed by atoms with E-state index in [1.54, 1.807) is 18.6 Å². The van der Waals surface area contributed by atoms with Crippen molar-refractivity contribution in [2.45, 2.75) is 50.5 Å². The van der Waals surface area contributed by atoms with Crippen LogP contribution in [0.25, 0.3) is 22.3 Å². The van der Waals surface area contributed by atoms with Gasteiger partial charge in [-0.25, -0.2) is 19.6 Å². The van der Waals surface area contributed by atoms with Gasteiger partial charge in [0.25, 0.3) is 5.89 Å². The van der Waals surface area contributed by atoms with E-state index in [1.165, 1.54) is 12.5 Å². The van der Waals surface area contributed by atoms with Crippen molar-refractivity contribution in [2.75, 3.05) is 20.6 Å². The number of carbonyl (C=O) groups is 4. The Morgan fingerprint density at radius 3 is 2.04 bits per heavy atom. The molecule has 3 heterocycles. The van der Waals surface area contributed by atoms with E-state index in [9.17, 15) is 35.9 Å². The van der Waals surface area contributed by atoms with E-state index in [0.29, 0.717) is 18.7 Å². The number of unbranched alkanes of at least 4 members (excludes halogenated alkanes) is 2. The second-order valence-corrected chi connectivity index (χ2v) is 10.3. The van der Waals surface area contributed by atoms with Crippen LogP contribution < -0.4 is 5.32 Å². The Bertz CT molecular complexity index is 1650. The molecule has 1 aromatic carbocycles. The number of benzene rings is 1. The van der Waals surface area contributed by atoms with Gasteiger partial charge < -0.3 is 29.8 Å². The van der Waals surface area contributed by atoms with Crippen molar-refractivity contribution in [3.63, 3.8) is 0 Å². The highest BCUT2D eigenvalue weighted by molar-refractivity contribution is 5.91. The quantitative estimate of drug-likeness (QED) is 0.0890. The Hall–Kier alpha value is -5.40. The second-order valence-electron chi connectivity index (χ2n) is 10.3. The van der Waals surface area contributed by atoms with Crippen LogP contribution in [-0.4, -0.2) is 96.7 Å². The Morgan fingerprint density at radius 2 is 1.49 bits per heavy atom. The number of aliphatic carboxylic acids is 2. The van der Waals surface area contributed by atoms with E-state index in [1.807, 2.05) is 37.2 Å². The molecule has 0 radical (unpaired) electrons. The topological polar surface area (TPSA) is 204 Å². The number of aromatic amines is 1. The highest BCUT2D eigenvalue weighted by Gasteiger charge is 2.38. The van der Waals surface area contributed by atoms with Crippen molar-refractivity contribution < 1.29 is 60.2 Å². The fourth-order valence-corrected chi connectivity index (χ4v) is 3.87. The summed E-state index contributed by atoms with van der Waals surface area (Å²) in [5.74, 6) is -4.83. The highest BCUT2D eigenvalue weighted by Crippen LogP contribution is 2.25. The largest absolute Gasteiger partial charge is 0.490 e. The van der Waals surface area contributed by atoms with E-state index in [4.69, 9.17) is 24.2 Å². The molecule has 4 rings (SSSR count). The summed E-state index contributed by atoms with van der Waals surface area (Å²) in [6.45, 7) is 0.290. The average molecular weight is 704 g/mol. The lowest BCUT2D eigenvalue weighted by Crippen LogP contribution is -2.36. The average Bonchev–Trinajstić information content (AvgIpc) is 3.73. The van der Waals surface area contributed by atoms with Gasteiger partial charge >= 0.3 is 24.3 Å². The molecule has 0 bridgehead atoms. The summed E-state index contributed by atoms with van der Waals surface area (Å²) >= 11 is 0. The monoisotopic (exact) mass is 703 g/mol. The number of amides is 1. The van der Waals surface area contributed by atoms with Crippen LogP contribution in [0.3, 0.4) is 0 Å². The maximum Gasteiger partial charge on any atom is 0.490 e. The predicted octanol–water partition coefficient (Wildman–Crippen LogP) is 4.83. The van der Waals surface area contributed by atoms with Crippen LogP contribution in [0.1, 0.15) is 54.7 Å². The van der Waals surface area contributed by atoms with Crippen molar-refractivity contribution in [1.29, 1.82) is 0 Å². The summed E-state index contributed by atoms with van der Waals surface area (Å²) in [5.41, 5.74) is 3.42. The molecule has 3 aromatic heterocycles. The van der Waals surface area contributed by atoms with Crippen molar-refractivity contribution in [1.82, 2.24) is 35.1 Å². The molecule has 0 saturated carbocycles. The number of hydrogen-bond acceptors (Lipinski definition) is 10. The van der Waals surface area contributed by atoms with Crippen LogP contribution in [0.2, 0.25) is 0 Å². The number of likely N-dealkylation sites (N-methyl/N-ethyl adjacent to an activating group) is 1. The summed E-state index contributed by atoms with van der Waals surface area (Å²) in [4.78, 5) is 64.7. The number of imidazole rings is 1. The molecular formula is C29H31F6N7O7. The molecule has 0 saturated heterocycles. The van der Waals surface area contributed by atoms with Crippen molar-refractivity contribution in [3.8, 4) is 11.3 Å². The third kappa shape index (κ3) is 14.1. The molecule has 4 aromatic rings. The van der Waals surface area contributed by atoms with Gasteiger partial charge in [0, 0.05) is 24.4 Å². The van der Waals surface area contributed by atoms with E-state index in [0.717, 1.165) is 41.6 Å². The molecule has 1 atom stereocenters. The Balaban J connectivity index is 0.000000500. The number of ketones is 1. The number of H-pyrrole nitrogens is 1. The first-order valence-electron chi connectivity index (χ1n) is 14.1. The van der Waals surface area contributed by atoms with Crippen molar-refractivity contribution in [3.05, 3.63) is 61.0 Å². The third-order valence-electron chi connectivity index (χ3n) is 6.05. The summed E-state index contributed by atoms with van der Waals surface area (Å²) in [6.07, 6.45) is 1.27. The molecule has 1 amide bonds. The molecular weight excluding hydrogens is 672 g/mol. The summed E-state index contributed by atoms with van der Waals surface area (Å²) in [5, 5.41) is 17.3. The van der Waals surface area contributed by atoms with Gasteiger partial charge in [-0.2, -0.15) is 26.3 Å². The number of halogens is 6. The van der Waals surface area contributed by atoms with Crippen LogP contribution in [0.4, 0.5) is 26.3 Å². The van der Waals surface area contributed by atoms with Crippen LogP contribution in [0.15, 0.2) is 53.7 Å². The maximum atomic E-state index is 12.5. The standard InChI is InChI=1S/C25H29N7O3.2C2HF3O2/c1-32(2)16-23(34)30-19(6-4-3-5-7-22(33)25-28-12-13-35-25)24-29-15-21(31-24)17-8-9-18-20(14-17)27-11-10-26-18;2*3-2(4,5)1(6)7/h8-15,19H,3-7,16H2,1-2H3,(H,29,31)(H,30,34);2*(H,6,7)/t19-;;/m0../s1. The number of nitrogens with zero attached hydrogens (tertiary/aromatic N) is 5. The van der Waals surface area contributed by atoms with Gasteiger partial charge in [0.2, 0.25) is 11.7 Å². The molecule has 0 aliphatic rings. The van der Waals surface area contributed by atoms with Gasteiger partial charge in [-0.3, -0.25) is 19.6 Å². The minimum Gasteiger partial charge on any atom is -0.475 e. The summed E-state index contributed by atoms with van der Waals surface area (Å²) < 4.78 is 68.5. The molecule has 14 nitrogen and oxygen atoms in total. The molecule has 49 heavy (non-hydrogen) atoms. The number of alkyl halides is 6. The molecule has 266 valence electrons. The first-order valence-corrected chi connectivity index (χ1v) is 14.1. The number of rotatable bonds is 12. The lowest BCUT2D eigenvalue weighted by Gasteiger charge is -2.18. The predicted molar refractivity (Wildman–Crippen MR) is 158 cm³/mol. The number of hydrogen-bond donors (Lipinski definition) is 4. The zero-order chi connectivity index (χ0) is 36.8. The van der Waals surface area contributed by atoms with E-state index in [-0.39, 0.29) is 30.2 Å². The Labute approximate surface area is 273 Å². The number of carboxylic acids is 2. The van der Waals surface area contributed by atoms with Gasteiger partial charge in [-0.1, -0.05) is 18.9 Å². The molecule has 4 N–H and O–H groups in total. The third-order valence-corrected chi connectivity index (χ3v) is 6.05. The Kier molecular flexibility index (Phi) is 14.8. The SMILES string of the molecule is CN(C)CC(=O)N[C@@H](CCCCCC(=O)c1ncco1)c1ncc(-c2ccc3nccnc3c2)[nH]1.O=C(O)C(F)(F)F.O=C(O)C(F)(F)F. The normalized spacial score (nSPS) is 11.9. The smallest absolute Gasteiger partial charge is 0.475 e. The summed E-state index contributed by atoms with van der Waals surface area (Å²) in [6, 6.07) is 5.59. The van der Waals surface area contributed by atoms with Crippen LogP contribution in [0.5, 0.6) is 0 Å². The molecule has 0 spiro atoms. The van der Waals surface area contributed by atoms with E-state index >= 15 is 0 Å². The highest BCUT2D eigenvalue weighted by atomic mass is 19.4. The lowest BCUT2D eigenvalue weighted by molar-refractivity contribution is -0.193. The lowest BCUT2D eigenvalue weighted by atomic mass is 10.1. The molecule has 0 aliphatic heterocycles. The van der Waals surface area contributed by atoms with Crippen LogP contribution in [-0.2, 0) is 14.4 Å². The maximum absolute atomic E-state index is 12.5. The van der Waals surface area contributed by atoms with E-state index in [2.05, 4.69) is 30.2 Å². The molecule has 0 aliphatic carbocycles. The van der Waals surface area contributed by atoms with E-state index < -0.39 is 24.3 Å². The molecule has 0 fully saturated rings. The van der Waals surface area contributed by atoms with Gasteiger partial charge in [0.1, 0.15) is 12.1 Å². The molecule has 0 unspecified atom stereocenters. The van der Waals surface area contributed by atoms with Gasteiger partial charge in [-0.15, -0.1) is 0 Å². The number of fused-ring (bicyclic) bond motifs is 1. The second kappa shape index (κ2) is 18.2. The zero-order valence-electron chi connectivity index (χ0n) is 25.9. The zero-order valence-corrected chi connectivity index (χ0v) is 25.9.